The molecule has 0 radical (unpaired) electrons. The lowest BCUT2D eigenvalue weighted by atomic mass is 9.88. The molecule has 0 atom stereocenters. The molecule has 0 saturated heterocycles. The van der Waals surface area contributed by atoms with Crippen LogP contribution in [0, 0.1) is 16.2 Å². The molecular weight excluding hydrogens is 172 g/mol. The van der Waals surface area contributed by atoms with E-state index in [1.807, 2.05) is 0 Å². The SMILES string of the molecule is CC(C)(C)C/C(C=N)=C/C(=N)Cl. The van der Waals surface area contributed by atoms with Crippen molar-refractivity contribution in [3.63, 3.8) is 0 Å². The Labute approximate surface area is 78.6 Å². The lowest BCUT2D eigenvalue weighted by Crippen LogP contribution is -2.07. The standard InChI is InChI=1S/C9H15ClN2/c1-9(2,3)5-7(6-11)4-8(10)12/h4,6,11-12H,5H2,1-3H3/b7-4-,11-6?,12-8?. The molecule has 0 amide bonds. The molecule has 0 unspecified atom stereocenters. The molecule has 0 aliphatic carbocycles. The summed E-state index contributed by atoms with van der Waals surface area (Å²) >= 11 is 5.38. The van der Waals surface area contributed by atoms with Gasteiger partial charge in [0.1, 0.15) is 5.17 Å². The number of hydrogen-bond acceptors (Lipinski definition) is 2. The molecule has 0 rings (SSSR count). The molecule has 0 saturated carbocycles. The molecule has 68 valence electrons. The van der Waals surface area contributed by atoms with Crippen molar-refractivity contribution in [3.8, 4) is 0 Å². The Morgan fingerprint density at radius 1 is 1.42 bits per heavy atom. The van der Waals surface area contributed by atoms with Gasteiger partial charge in [-0.05, 0) is 23.5 Å². The van der Waals surface area contributed by atoms with Crippen LogP contribution in [0.25, 0.3) is 0 Å². The second-order valence-corrected chi connectivity index (χ2v) is 4.36. The van der Waals surface area contributed by atoms with Crippen LogP contribution in [0.15, 0.2) is 11.6 Å². The van der Waals surface area contributed by atoms with Gasteiger partial charge in [-0.3, -0.25) is 5.41 Å². The molecule has 0 aromatic rings. The van der Waals surface area contributed by atoms with E-state index in [9.17, 15) is 0 Å². The molecular formula is C9H15ClN2. The second kappa shape index (κ2) is 4.41. The topological polar surface area (TPSA) is 47.7 Å². The van der Waals surface area contributed by atoms with Crippen LogP contribution in [-0.2, 0) is 0 Å². The maximum Gasteiger partial charge on any atom is 0.121 e. The normalized spacial score (nSPS) is 12.8. The number of allylic oxidation sites excluding steroid dienone is 2. The van der Waals surface area contributed by atoms with Gasteiger partial charge in [-0.15, -0.1) is 0 Å². The zero-order chi connectivity index (χ0) is 9.78. The van der Waals surface area contributed by atoms with Gasteiger partial charge in [0, 0.05) is 6.21 Å². The minimum absolute atomic E-state index is 0.0160. The van der Waals surface area contributed by atoms with E-state index >= 15 is 0 Å². The first-order valence-electron chi connectivity index (χ1n) is 3.80. The summed E-state index contributed by atoms with van der Waals surface area (Å²) in [6.45, 7) is 6.26. The van der Waals surface area contributed by atoms with Gasteiger partial charge < -0.3 is 5.41 Å². The van der Waals surface area contributed by atoms with Crippen molar-refractivity contribution in [3.05, 3.63) is 11.6 Å². The van der Waals surface area contributed by atoms with Crippen LogP contribution in [0.4, 0.5) is 0 Å². The Morgan fingerprint density at radius 2 is 1.92 bits per heavy atom. The molecule has 0 heterocycles. The molecule has 0 bridgehead atoms. The molecule has 2 nitrogen and oxygen atoms in total. The zero-order valence-electron chi connectivity index (χ0n) is 7.74. The van der Waals surface area contributed by atoms with Gasteiger partial charge in [-0.25, -0.2) is 0 Å². The van der Waals surface area contributed by atoms with E-state index in [1.165, 1.54) is 12.3 Å². The Bertz CT molecular complexity index is 211. The highest BCUT2D eigenvalue weighted by Gasteiger charge is 2.11. The van der Waals surface area contributed by atoms with Crippen LogP contribution < -0.4 is 0 Å². The molecule has 0 spiro atoms. The molecule has 12 heavy (non-hydrogen) atoms. The van der Waals surface area contributed by atoms with Crippen LogP contribution >= 0.6 is 11.6 Å². The summed E-state index contributed by atoms with van der Waals surface area (Å²) in [6, 6.07) is 0. The average molecular weight is 187 g/mol. The van der Waals surface area contributed by atoms with Crippen LogP contribution in [0.1, 0.15) is 27.2 Å². The van der Waals surface area contributed by atoms with Crippen molar-refractivity contribution in [1.29, 1.82) is 10.8 Å². The molecule has 3 heteroatoms. The molecule has 0 aliphatic heterocycles. The maximum atomic E-state index is 7.08. The largest absolute Gasteiger partial charge is 0.308 e. The Hall–Kier alpha value is -0.630. The van der Waals surface area contributed by atoms with E-state index in [-0.39, 0.29) is 10.6 Å². The minimum Gasteiger partial charge on any atom is -0.308 e. The zero-order valence-corrected chi connectivity index (χ0v) is 8.50. The van der Waals surface area contributed by atoms with Gasteiger partial charge in [0.15, 0.2) is 0 Å². The van der Waals surface area contributed by atoms with Crippen molar-refractivity contribution in [2.24, 2.45) is 5.41 Å². The average Bonchev–Trinajstić information content (AvgIpc) is 1.82. The first kappa shape index (κ1) is 11.4. The predicted molar refractivity (Wildman–Crippen MR) is 54.5 cm³/mol. The molecule has 0 aromatic heterocycles. The maximum absolute atomic E-state index is 7.08. The summed E-state index contributed by atoms with van der Waals surface area (Å²) in [5.74, 6) is 0. The van der Waals surface area contributed by atoms with E-state index in [2.05, 4.69) is 20.8 Å². The molecule has 2 N–H and O–H groups in total. The Kier molecular flexibility index (Phi) is 4.18. The summed E-state index contributed by atoms with van der Waals surface area (Å²) in [6.07, 6.45) is 3.54. The van der Waals surface area contributed by atoms with Crippen molar-refractivity contribution in [1.82, 2.24) is 0 Å². The monoisotopic (exact) mass is 186 g/mol. The van der Waals surface area contributed by atoms with Gasteiger partial charge >= 0.3 is 0 Å². The fraction of sp³-hybridized carbons (Fsp3) is 0.556. The summed E-state index contributed by atoms with van der Waals surface area (Å²) in [7, 11) is 0. The summed E-state index contributed by atoms with van der Waals surface area (Å²) in [5, 5.41) is 14.1. The number of hydrogen-bond donors (Lipinski definition) is 2. The van der Waals surface area contributed by atoms with Crippen molar-refractivity contribution < 1.29 is 0 Å². The van der Waals surface area contributed by atoms with Crippen molar-refractivity contribution in [2.45, 2.75) is 27.2 Å². The fourth-order valence-corrected chi connectivity index (χ4v) is 1.06. The minimum atomic E-state index is -0.0160. The third-order valence-corrected chi connectivity index (χ3v) is 1.34. The smallest absolute Gasteiger partial charge is 0.121 e. The first-order valence-corrected chi connectivity index (χ1v) is 4.18. The van der Waals surface area contributed by atoms with Crippen LogP contribution in [-0.4, -0.2) is 11.4 Å². The molecule has 0 aromatic carbocycles. The first-order chi connectivity index (χ1) is 5.35. The van der Waals surface area contributed by atoms with Gasteiger partial charge in [0.25, 0.3) is 0 Å². The number of rotatable bonds is 3. The number of halogens is 1. The van der Waals surface area contributed by atoms with Crippen LogP contribution in [0.2, 0.25) is 0 Å². The molecule has 0 aliphatic rings. The summed E-state index contributed by atoms with van der Waals surface area (Å²) in [5.41, 5.74) is 0.929. The lowest BCUT2D eigenvalue weighted by molar-refractivity contribution is 0.416. The van der Waals surface area contributed by atoms with Gasteiger partial charge in [0.2, 0.25) is 0 Å². The number of nitrogens with one attached hydrogen (secondary N) is 2. The van der Waals surface area contributed by atoms with Gasteiger partial charge in [-0.2, -0.15) is 0 Å². The highest BCUT2D eigenvalue weighted by Crippen LogP contribution is 2.22. The fourth-order valence-electron chi connectivity index (χ4n) is 0.919. The second-order valence-electron chi connectivity index (χ2n) is 3.95. The third-order valence-electron chi connectivity index (χ3n) is 1.23. The Balaban J connectivity index is 4.39. The lowest BCUT2D eigenvalue weighted by Gasteiger charge is -2.17. The highest BCUT2D eigenvalue weighted by molar-refractivity contribution is 6.67. The van der Waals surface area contributed by atoms with Crippen molar-refractivity contribution >= 4 is 23.0 Å². The highest BCUT2D eigenvalue weighted by atomic mass is 35.5. The van der Waals surface area contributed by atoms with Crippen LogP contribution in [0.3, 0.4) is 0 Å². The summed E-state index contributed by atoms with van der Waals surface area (Å²) < 4.78 is 0. The Morgan fingerprint density at radius 3 is 2.17 bits per heavy atom. The van der Waals surface area contributed by atoms with Gasteiger partial charge in [0.05, 0.1) is 0 Å². The third kappa shape index (κ3) is 6.10. The van der Waals surface area contributed by atoms with Crippen LogP contribution in [0.5, 0.6) is 0 Å². The van der Waals surface area contributed by atoms with E-state index in [4.69, 9.17) is 22.4 Å². The van der Waals surface area contributed by atoms with Crippen molar-refractivity contribution in [2.75, 3.05) is 0 Å². The predicted octanol–water partition coefficient (Wildman–Crippen LogP) is 3.21. The van der Waals surface area contributed by atoms with E-state index in [1.54, 1.807) is 0 Å². The van der Waals surface area contributed by atoms with E-state index in [0.717, 1.165) is 12.0 Å². The van der Waals surface area contributed by atoms with Gasteiger partial charge in [-0.1, -0.05) is 32.4 Å². The quantitative estimate of drug-likeness (QED) is 0.636. The van der Waals surface area contributed by atoms with E-state index < -0.39 is 0 Å². The van der Waals surface area contributed by atoms with E-state index in [0.29, 0.717) is 0 Å². The molecule has 0 fully saturated rings. The summed E-state index contributed by atoms with van der Waals surface area (Å²) in [4.78, 5) is 0.